The third kappa shape index (κ3) is 8.27. The van der Waals surface area contributed by atoms with Crippen LogP contribution in [0.15, 0.2) is 35.5 Å². The predicted octanol–water partition coefficient (Wildman–Crippen LogP) is 1.91. The van der Waals surface area contributed by atoms with E-state index in [0.717, 1.165) is 5.56 Å². The molecule has 1 aromatic rings. The third-order valence-corrected chi connectivity index (χ3v) is 2.94. The highest BCUT2D eigenvalue weighted by molar-refractivity contribution is 5.80. The van der Waals surface area contributed by atoms with Crippen LogP contribution in [0.2, 0.25) is 0 Å². The standard InChI is InChI=1S/C17H20N2O4/c1-2-12-19(16(20)9-6-10-17(21)22)13-11-18-23-14-15-7-4-3-5-8-15/h1,3-5,7-8,11H,6,9-10,12-14H2,(H,21,22)/b18-11+. The first-order valence-corrected chi connectivity index (χ1v) is 7.24. The molecule has 0 aliphatic carbocycles. The van der Waals surface area contributed by atoms with Crippen LogP contribution in [0.3, 0.4) is 0 Å². The molecule has 23 heavy (non-hydrogen) atoms. The Morgan fingerprint density at radius 2 is 2.04 bits per heavy atom. The number of carboxylic acids is 1. The first kappa shape index (κ1) is 18.2. The van der Waals surface area contributed by atoms with Gasteiger partial charge in [0.25, 0.3) is 0 Å². The summed E-state index contributed by atoms with van der Waals surface area (Å²) in [4.78, 5) is 28.9. The number of aliphatic carboxylic acids is 1. The first-order valence-electron chi connectivity index (χ1n) is 7.24. The smallest absolute Gasteiger partial charge is 0.303 e. The molecule has 0 fully saturated rings. The minimum Gasteiger partial charge on any atom is -0.481 e. The van der Waals surface area contributed by atoms with Crippen molar-refractivity contribution < 1.29 is 19.5 Å². The molecule has 0 heterocycles. The zero-order chi connectivity index (χ0) is 16.9. The number of oxime groups is 1. The summed E-state index contributed by atoms with van der Waals surface area (Å²) in [5, 5.41) is 12.4. The van der Waals surface area contributed by atoms with Crippen LogP contribution in [-0.4, -0.2) is 41.2 Å². The Balaban J connectivity index is 2.34. The molecule has 0 radical (unpaired) electrons. The molecule has 1 aromatic carbocycles. The van der Waals surface area contributed by atoms with Crippen molar-refractivity contribution in [2.75, 3.05) is 13.1 Å². The number of carbonyl (C=O) groups is 2. The molecule has 0 atom stereocenters. The molecule has 6 nitrogen and oxygen atoms in total. The highest BCUT2D eigenvalue weighted by atomic mass is 16.6. The van der Waals surface area contributed by atoms with Gasteiger partial charge in [-0.15, -0.1) is 6.42 Å². The monoisotopic (exact) mass is 316 g/mol. The lowest BCUT2D eigenvalue weighted by molar-refractivity contribution is -0.137. The molecule has 0 saturated heterocycles. The Bertz CT molecular complexity index is 564. The van der Waals surface area contributed by atoms with Gasteiger partial charge in [-0.1, -0.05) is 41.4 Å². The summed E-state index contributed by atoms with van der Waals surface area (Å²) in [6, 6.07) is 9.58. The van der Waals surface area contributed by atoms with Gasteiger partial charge in [-0.25, -0.2) is 0 Å². The topological polar surface area (TPSA) is 79.2 Å². The van der Waals surface area contributed by atoms with E-state index in [-0.39, 0.29) is 38.3 Å². The molecule has 6 heteroatoms. The normalized spacial score (nSPS) is 10.2. The maximum absolute atomic E-state index is 11.9. The SMILES string of the molecule is C#CCN(C/C=N/OCc1ccccc1)C(=O)CCCC(=O)O. The van der Waals surface area contributed by atoms with Crippen LogP contribution < -0.4 is 0 Å². The van der Waals surface area contributed by atoms with E-state index >= 15 is 0 Å². The summed E-state index contributed by atoms with van der Waals surface area (Å²) in [5.41, 5.74) is 0.995. The lowest BCUT2D eigenvalue weighted by Gasteiger charge is -2.17. The summed E-state index contributed by atoms with van der Waals surface area (Å²) in [5.74, 6) is 1.29. The fourth-order valence-corrected chi connectivity index (χ4v) is 1.78. The number of terminal acetylenes is 1. The summed E-state index contributed by atoms with van der Waals surface area (Å²) in [6.45, 7) is 0.723. The van der Waals surface area contributed by atoms with Crippen LogP contribution in [0.25, 0.3) is 0 Å². The second kappa shape index (κ2) is 10.9. The van der Waals surface area contributed by atoms with Gasteiger partial charge in [-0.2, -0.15) is 0 Å². The lowest BCUT2D eigenvalue weighted by atomic mass is 10.2. The quantitative estimate of drug-likeness (QED) is 0.406. The van der Waals surface area contributed by atoms with E-state index in [1.165, 1.54) is 11.1 Å². The van der Waals surface area contributed by atoms with Crippen molar-refractivity contribution in [3.05, 3.63) is 35.9 Å². The minimum absolute atomic E-state index is 0.0378. The minimum atomic E-state index is -0.919. The molecule has 1 amide bonds. The van der Waals surface area contributed by atoms with Gasteiger partial charge in [0.05, 0.1) is 19.3 Å². The largest absolute Gasteiger partial charge is 0.481 e. The number of hydrogen-bond donors (Lipinski definition) is 1. The van der Waals surface area contributed by atoms with Crippen molar-refractivity contribution in [2.24, 2.45) is 5.16 Å². The van der Waals surface area contributed by atoms with Crippen LogP contribution in [0, 0.1) is 12.3 Å². The number of carboxylic acid groups (broad SMARTS) is 1. The van der Waals surface area contributed by atoms with E-state index in [4.69, 9.17) is 16.4 Å². The first-order chi connectivity index (χ1) is 11.1. The van der Waals surface area contributed by atoms with Crippen molar-refractivity contribution in [3.8, 4) is 12.3 Å². The average molecular weight is 316 g/mol. The van der Waals surface area contributed by atoms with Crippen LogP contribution in [-0.2, 0) is 21.0 Å². The van der Waals surface area contributed by atoms with E-state index in [9.17, 15) is 9.59 Å². The molecule has 0 bridgehead atoms. The molecule has 0 saturated carbocycles. The summed E-state index contributed by atoms with van der Waals surface area (Å²) < 4.78 is 0. The highest BCUT2D eigenvalue weighted by Crippen LogP contribution is 2.02. The number of rotatable bonds is 10. The van der Waals surface area contributed by atoms with E-state index in [0.29, 0.717) is 6.61 Å². The number of hydrogen-bond acceptors (Lipinski definition) is 4. The molecule has 0 unspecified atom stereocenters. The zero-order valence-corrected chi connectivity index (χ0v) is 12.9. The maximum Gasteiger partial charge on any atom is 0.303 e. The number of benzene rings is 1. The molecule has 0 aliphatic heterocycles. The summed E-state index contributed by atoms with van der Waals surface area (Å²) >= 11 is 0. The molecule has 0 aliphatic rings. The zero-order valence-electron chi connectivity index (χ0n) is 12.9. The Labute approximate surface area is 135 Å². The van der Waals surface area contributed by atoms with Gasteiger partial charge < -0.3 is 14.8 Å². The lowest BCUT2D eigenvalue weighted by Crippen LogP contribution is -2.33. The van der Waals surface area contributed by atoms with E-state index < -0.39 is 5.97 Å². The number of nitrogens with zero attached hydrogens (tertiary/aromatic N) is 2. The van der Waals surface area contributed by atoms with Gasteiger partial charge in [0.2, 0.25) is 5.91 Å². The second-order valence-electron chi connectivity index (χ2n) is 4.77. The molecule has 1 rings (SSSR count). The van der Waals surface area contributed by atoms with E-state index in [1.54, 1.807) is 0 Å². The van der Waals surface area contributed by atoms with Crippen LogP contribution in [0.1, 0.15) is 24.8 Å². The molecular formula is C17H20N2O4. The van der Waals surface area contributed by atoms with Crippen LogP contribution in [0.5, 0.6) is 0 Å². The Morgan fingerprint density at radius 3 is 2.70 bits per heavy atom. The highest BCUT2D eigenvalue weighted by Gasteiger charge is 2.11. The number of carbonyl (C=O) groups excluding carboxylic acids is 1. The molecule has 0 aromatic heterocycles. The van der Waals surface area contributed by atoms with Crippen molar-refractivity contribution in [2.45, 2.75) is 25.9 Å². The Kier molecular flexibility index (Phi) is 8.61. The van der Waals surface area contributed by atoms with Crippen LogP contribution >= 0.6 is 0 Å². The van der Waals surface area contributed by atoms with Gasteiger partial charge in [0.1, 0.15) is 6.61 Å². The second-order valence-corrected chi connectivity index (χ2v) is 4.77. The third-order valence-electron chi connectivity index (χ3n) is 2.94. The summed E-state index contributed by atoms with van der Waals surface area (Å²) in [6.07, 6.45) is 7.10. The molecular weight excluding hydrogens is 296 g/mol. The van der Waals surface area contributed by atoms with Crippen molar-refractivity contribution in [1.82, 2.24) is 4.90 Å². The van der Waals surface area contributed by atoms with Crippen molar-refractivity contribution in [3.63, 3.8) is 0 Å². The van der Waals surface area contributed by atoms with E-state index in [1.807, 2.05) is 30.3 Å². The van der Waals surface area contributed by atoms with Gasteiger partial charge in [-0.05, 0) is 12.0 Å². The van der Waals surface area contributed by atoms with Crippen LogP contribution in [0.4, 0.5) is 0 Å². The average Bonchev–Trinajstić information content (AvgIpc) is 2.54. The molecule has 122 valence electrons. The van der Waals surface area contributed by atoms with Gasteiger partial charge in [-0.3, -0.25) is 9.59 Å². The fourth-order valence-electron chi connectivity index (χ4n) is 1.78. The Morgan fingerprint density at radius 1 is 1.30 bits per heavy atom. The van der Waals surface area contributed by atoms with Gasteiger partial charge in [0.15, 0.2) is 0 Å². The van der Waals surface area contributed by atoms with E-state index in [2.05, 4.69) is 11.1 Å². The molecule has 0 spiro atoms. The fraction of sp³-hybridized carbons (Fsp3) is 0.353. The summed E-state index contributed by atoms with van der Waals surface area (Å²) in [7, 11) is 0. The Hall–Kier alpha value is -2.81. The van der Waals surface area contributed by atoms with Crippen molar-refractivity contribution in [1.29, 1.82) is 0 Å². The van der Waals surface area contributed by atoms with Gasteiger partial charge in [0, 0.05) is 12.8 Å². The maximum atomic E-state index is 11.9. The predicted molar refractivity (Wildman–Crippen MR) is 86.6 cm³/mol. The number of amides is 1. The molecule has 1 N–H and O–H groups in total. The van der Waals surface area contributed by atoms with Gasteiger partial charge >= 0.3 is 5.97 Å². The van der Waals surface area contributed by atoms with Crippen molar-refractivity contribution >= 4 is 18.1 Å².